The van der Waals surface area contributed by atoms with Gasteiger partial charge in [0.25, 0.3) is 0 Å². The molecule has 0 spiro atoms. The Labute approximate surface area is 183 Å². The molecule has 4 rings (SSSR count). The molecule has 1 aliphatic rings. The number of hydrogen-bond donors (Lipinski definition) is 1. The van der Waals surface area contributed by atoms with Crippen LogP contribution in [0.3, 0.4) is 0 Å². The molecule has 1 N–H and O–H groups in total. The highest BCUT2D eigenvalue weighted by molar-refractivity contribution is 5.88. The SMILES string of the molecule is CC(C)c1ccc(CCc2nc(N3CCCC3c3ccccc3)ncc2C(=O)O)cc1. The minimum absolute atomic E-state index is 0.193. The van der Waals surface area contributed by atoms with E-state index in [2.05, 4.69) is 72.3 Å². The van der Waals surface area contributed by atoms with Crippen molar-refractivity contribution in [2.75, 3.05) is 11.4 Å². The average Bonchev–Trinajstić information content (AvgIpc) is 3.28. The maximum Gasteiger partial charge on any atom is 0.339 e. The van der Waals surface area contributed by atoms with Crippen LogP contribution in [0.4, 0.5) is 5.95 Å². The molecule has 160 valence electrons. The number of nitrogens with zero attached hydrogens (tertiary/aromatic N) is 3. The summed E-state index contributed by atoms with van der Waals surface area (Å²) in [6.45, 7) is 5.23. The Morgan fingerprint density at radius 3 is 2.52 bits per heavy atom. The molecule has 0 saturated carbocycles. The molecule has 5 heteroatoms. The predicted molar refractivity (Wildman–Crippen MR) is 123 cm³/mol. The van der Waals surface area contributed by atoms with E-state index in [0.717, 1.165) is 25.8 Å². The first-order valence-corrected chi connectivity index (χ1v) is 11.0. The Morgan fingerprint density at radius 2 is 1.84 bits per heavy atom. The van der Waals surface area contributed by atoms with Gasteiger partial charge in [0.2, 0.25) is 5.95 Å². The molecular weight excluding hydrogens is 386 g/mol. The van der Waals surface area contributed by atoms with Crippen molar-refractivity contribution in [2.24, 2.45) is 0 Å². The highest BCUT2D eigenvalue weighted by Gasteiger charge is 2.28. The van der Waals surface area contributed by atoms with Gasteiger partial charge in [-0.15, -0.1) is 0 Å². The number of carbonyl (C=O) groups is 1. The molecule has 1 fully saturated rings. The van der Waals surface area contributed by atoms with Gasteiger partial charge in [0.05, 0.1) is 17.3 Å². The van der Waals surface area contributed by atoms with Crippen LogP contribution in [0, 0.1) is 0 Å². The number of anilines is 1. The van der Waals surface area contributed by atoms with Crippen molar-refractivity contribution >= 4 is 11.9 Å². The van der Waals surface area contributed by atoms with Gasteiger partial charge in [-0.25, -0.2) is 14.8 Å². The summed E-state index contributed by atoms with van der Waals surface area (Å²) in [5.74, 6) is 0.148. The van der Waals surface area contributed by atoms with Crippen LogP contribution < -0.4 is 4.90 Å². The number of aromatic carboxylic acids is 1. The first-order valence-electron chi connectivity index (χ1n) is 11.0. The van der Waals surface area contributed by atoms with Gasteiger partial charge in [-0.2, -0.15) is 0 Å². The van der Waals surface area contributed by atoms with E-state index < -0.39 is 5.97 Å². The Kier molecular flexibility index (Phi) is 6.31. The number of rotatable bonds is 7. The summed E-state index contributed by atoms with van der Waals surface area (Å²) in [6, 6.07) is 19.2. The number of carboxylic acid groups (broad SMARTS) is 1. The topological polar surface area (TPSA) is 66.3 Å². The van der Waals surface area contributed by atoms with Crippen LogP contribution in [0.2, 0.25) is 0 Å². The lowest BCUT2D eigenvalue weighted by atomic mass is 9.99. The monoisotopic (exact) mass is 415 g/mol. The van der Waals surface area contributed by atoms with Gasteiger partial charge in [-0.3, -0.25) is 0 Å². The minimum atomic E-state index is -0.974. The van der Waals surface area contributed by atoms with E-state index in [1.807, 2.05) is 6.07 Å². The van der Waals surface area contributed by atoms with E-state index in [1.54, 1.807) is 0 Å². The molecule has 1 atom stereocenters. The van der Waals surface area contributed by atoms with Gasteiger partial charge in [0.15, 0.2) is 0 Å². The summed E-state index contributed by atoms with van der Waals surface area (Å²) in [7, 11) is 0. The fourth-order valence-electron chi connectivity index (χ4n) is 4.27. The summed E-state index contributed by atoms with van der Waals surface area (Å²) in [6.07, 6.45) is 4.91. The third-order valence-corrected chi connectivity index (χ3v) is 6.08. The number of benzene rings is 2. The molecule has 0 bridgehead atoms. The van der Waals surface area contributed by atoms with Gasteiger partial charge in [0.1, 0.15) is 0 Å². The molecule has 31 heavy (non-hydrogen) atoms. The molecule has 3 aromatic rings. The van der Waals surface area contributed by atoms with E-state index in [4.69, 9.17) is 4.98 Å². The lowest BCUT2D eigenvalue weighted by Crippen LogP contribution is -2.25. The zero-order valence-corrected chi connectivity index (χ0v) is 18.2. The van der Waals surface area contributed by atoms with Crippen molar-refractivity contribution in [1.29, 1.82) is 0 Å². The highest BCUT2D eigenvalue weighted by Crippen LogP contribution is 2.34. The molecule has 1 unspecified atom stereocenters. The van der Waals surface area contributed by atoms with Gasteiger partial charge in [-0.1, -0.05) is 68.4 Å². The van der Waals surface area contributed by atoms with Crippen LogP contribution in [-0.2, 0) is 12.8 Å². The summed E-state index contributed by atoms with van der Waals surface area (Å²) in [5.41, 5.74) is 4.53. The summed E-state index contributed by atoms with van der Waals surface area (Å²) in [5, 5.41) is 9.65. The fraction of sp³-hybridized carbons (Fsp3) is 0.346. The summed E-state index contributed by atoms with van der Waals surface area (Å²) in [4.78, 5) is 23.2. The van der Waals surface area contributed by atoms with Crippen molar-refractivity contribution in [3.05, 3.63) is 88.7 Å². The smallest absolute Gasteiger partial charge is 0.339 e. The van der Waals surface area contributed by atoms with E-state index in [9.17, 15) is 9.90 Å². The Balaban J connectivity index is 1.57. The van der Waals surface area contributed by atoms with Gasteiger partial charge in [-0.05, 0) is 48.3 Å². The number of hydrogen-bond acceptors (Lipinski definition) is 4. The van der Waals surface area contributed by atoms with Crippen LogP contribution in [0.15, 0.2) is 60.8 Å². The molecule has 1 aliphatic heterocycles. The van der Waals surface area contributed by atoms with Gasteiger partial charge >= 0.3 is 5.97 Å². The molecule has 0 aliphatic carbocycles. The van der Waals surface area contributed by atoms with Crippen LogP contribution in [-0.4, -0.2) is 27.6 Å². The number of aryl methyl sites for hydroxylation is 2. The van der Waals surface area contributed by atoms with Crippen LogP contribution in [0.1, 0.15) is 71.4 Å². The molecule has 2 heterocycles. The van der Waals surface area contributed by atoms with Crippen molar-refractivity contribution in [3.63, 3.8) is 0 Å². The maximum atomic E-state index is 11.8. The fourth-order valence-corrected chi connectivity index (χ4v) is 4.27. The summed E-state index contributed by atoms with van der Waals surface area (Å²) >= 11 is 0. The molecule has 0 amide bonds. The predicted octanol–water partition coefficient (Wildman–Crippen LogP) is 5.42. The van der Waals surface area contributed by atoms with Crippen LogP contribution in [0.5, 0.6) is 0 Å². The maximum absolute atomic E-state index is 11.8. The van der Waals surface area contributed by atoms with Crippen LogP contribution >= 0.6 is 0 Å². The van der Waals surface area contributed by atoms with Crippen molar-refractivity contribution in [3.8, 4) is 0 Å². The Bertz CT molecular complexity index is 1030. The first-order chi connectivity index (χ1) is 15.0. The molecule has 1 aromatic heterocycles. The Hall–Kier alpha value is -3.21. The lowest BCUT2D eigenvalue weighted by Gasteiger charge is -2.25. The third kappa shape index (κ3) is 4.76. The van der Waals surface area contributed by atoms with E-state index in [-0.39, 0.29) is 11.6 Å². The molecular formula is C26H29N3O2. The normalized spacial score (nSPS) is 16.1. The molecule has 2 aromatic carbocycles. The Morgan fingerprint density at radius 1 is 1.10 bits per heavy atom. The minimum Gasteiger partial charge on any atom is -0.478 e. The van der Waals surface area contributed by atoms with E-state index in [1.165, 1.54) is 22.9 Å². The zero-order valence-electron chi connectivity index (χ0n) is 18.2. The number of aromatic nitrogens is 2. The summed E-state index contributed by atoms with van der Waals surface area (Å²) < 4.78 is 0. The van der Waals surface area contributed by atoms with E-state index in [0.29, 0.717) is 24.0 Å². The van der Waals surface area contributed by atoms with Crippen molar-refractivity contribution in [1.82, 2.24) is 9.97 Å². The highest BCUT2D eigenvalue weighted by atomic mass is 16.4. The molecule has 1 saturated heterocycles. The quantitative estimate of drug-likeness (QED) is 0.558. The first kappa shape index (κ1) is 21.0. The van der Waals surface area contributed by atoms with Crippen molar-refractivity contribution < 1.29 is 9.90 Å². The second-order valence-corrected chi connectivity index (χ2v) is 8.49. The van der Waals surface area contributed by atoms with Crippen molar-refractivity contribution in [2.45, 2.75) is 51.5 Å². The second kappa shape index (κ2) is 9.29. The molecule has 5 nitrogen and oxygen atoms in total. The van der Waals surface area contributed by atoms with E-state index >= 15 is 0 Å². The average molecular weight is 416 g/mol. The van der Waals surface area contributed by atoms with Gasteiger partial charge in [0, 0.05) is 12.7 Å². The third-order valence-electron chi connectivity index (χ3n) is 6.08. The largest absolute Gasteiger partial charge is 0.478 e. The zero-order chi connectivity index (χ0) is 21.8. The van der Waals surface area contributed by atoms with Gasteiger partial charge < -0.3 is 10.0 Å². The second-order valence-electron chi connectivity index (χ2n) is 8.49. The molecule has 0 radical (unpaired) electrons. The lowest BCUT2D eigenvalue weighted by molar-refractivity contribution is 0.0694. The van der Waals surface area contributed by atoms with Crippen LogP contribution in [0.25, 0.3) is 0 Å². The number of carboxylic acids is 1. The standard InChI is InChI=1S/C26H29N3O2/c1-18(2)20-13-10-19(11-14-20)12-15-23-22(25(30)31)17-27-26(28-23)29-16-6-9-24(29)21-7-4-3-5-8-21/h3-5,7-8,10-11,13-14,17-18,24H,6,9,12,15-16H2,1-2H3,(H,30,31).